The molecule has 1 aromatic carbocycles. The third-order valence-corrected chi connectivity index (χ3v) is 3.73. The van der Waals surface area contributed by atoms with Gasteiger partial charge in [-0.3, -0.25) is 4.79 Å². The summed E-state index contributed by atoms with van der Waals surface area (Å²) in [5.74, 6) is 0.439. The van der Waals surface area contributed by atoms with Gasteiger partial charge in [0, 0.05) is 10.9 Å². The quantitative estimate of drug-likeness (QED) is 0.765. The Bertz CT molecular complexity index is 504. The monoisotopic (exact) mass is 245 g/mol. The highest BCUT2D eigenvalue weighted by Crippen LogP contribution is 2.22. The number of thiazole rings is 1. The average Bonchev–Trinajstić information content (AvgIpc) is 2.87. The standard InChI is InChI=1S/C14H15NOS/c1-3-10(2)12-9-17-14(15-12)13(16)11-7-5-4-6-8-11/h4-10H,3H2,1-2H3. The molecule has 0 fully saturated rings. The Labute approximate surface area is 105 Å². The van der Waals surface area contributed by atoms with Gasteiger partial charge in [-0.15, -0.1) is 11.3 Å². The van der Waals surface area contributed by atoms with Gasteiger partial charge in [-0.05, 0) is 12.3 Å². The summed E-state index contributed by atoms with van der Waals surface area (Å²) >= 11 is 1.44. The van der Waals surface area contributed by atoms with Gasteiger partial charge in [0.1, 0.15) is 0 Å². The highest BCUT2D eigenvalue weighted by atomic mass is 32.1. The van der Waals surface area contributed by atoms with E-state index in [1.807, 2.05) is 35.7 Å². The van der Waals surface area contributed by atoms with E-state index in [0.717, 1.165) is 12.1 Å². The molecule has 0 saturated carbocycles. The SMILES string of the molecule is CCC(C)c1csc(C(=O)c2ccccc2)n1. The minimum absolute atomic E-state index is 0.0187. The molecule has 2 nitrogen and oxygen atoms in total. The number of nitrogens with zero attached hydrogens (tertiary/aromatic N) is 1. The van der Waals surface area contributed by atoms with Gasteiger partial charge in [-0.25, -0.2) is 4.98 Å². The maximum absolute atomic E-state index is 12.1. The summed E-state index contributed by atoms with van der Waals surface area (Å²) in [7, 11) is 0. The van der Waals surface area contributed by atoms with Crippen LogP contribution in [0.1, 0.15) is 47.2 Å². The van der Waals surface area contributed by atoms with E-state index in [4.69, 9.17) is 0 Å². The molecule has 3 heteroatoms. The van der Waals surface area contributed by atoms with Crippen LogP contribution >= 0.6 is 11.3 Å². The summed E-state index contributed by atoms with van der Waals surface area (Å²) in [5.41, 5.74) is 1.73. The number of rotatable bonds is 4. The van der Waals surface area contributed by atoms with Crippen LogP contribution in [0.15, 0.2) is 35.7 Å². The number of ketones is 1. The molecule has 2 rings (SSSR count). The van der Waals surface area contributed by atoms with Crippen LogP contribution in [0, 0.1) is 0 Å². The van der Waals surface area contributed by atoms with Crippen LogP contribution in [0.2, 0.25) is 0 Å². The maximum atomic E-state index is 12.1. The van der Waals surface area contributed by atoms with E-state index in [1.54, 1.807) is 0 Å². The van der Waals surface area contributed by atoms with Crippen molar-refractivity contribution < 1.29 is 4.79 Å². The predicted molar refractivity (Wildman–Crippen MR) is 70.7 cm³/mol. The van der Waals surface area contributed by atoms with Gasteiger partial charge in [-0.1, -0.05) is 44.2 Å². The molecule has 0 saturated heterocycles. The second-order valence-electron chi connectivity index (χ2n) is 4.08. The number of hydrogen-bond donors (Lipinski definition) is 0. The zero-order chi connectivity index (χ0) is 12.3. The van der Waals surface area contributed by atoms with Gasteiger partial charge in [0.05, 0.1) is 5.69 Å². The van der Waals surface area contributed by atoms with Gasteiger partial charge < -0.3 is 0 Å². The van der Waals surface area contributed by atoms with E-state index in [9.17, 15) is 4.79 Å². The minimum Gasteiger partial charge on any atom is -0.286 e. The lowest BCUT2D eigenvalue weighted by atomic mass is 10.1. The molecule has 0 amide bonds. The van der Waals surface area contributed by atoms with Crippen molar-refractivity contribution in [3.63, 3.8) is 0 Å². The maximum Gasteiger partial charge on any atom is 0.221 e. The van der Waals surface area contributed by atoms with Crippen LogP contribution in [0.5, 0.6) is 0 Å². The molecule has 88 valence electrons. The molecule has 1 unspecified atom stereocenters. The zero-order valence-corrected chi connectivity index (χ0v) is 10.8. The summed E-state index contributed by atoms with van der Waals surface area (Å²) in [6.07, 6.45) is 1.04. The molecule has 0 N–H and O–H groups in total. The first-order valence-electron chi connectivity index (χ1n) is 5.77. The predicted octanol–water partition coefficient (Wildman–Crippen LogP) is 3.89. The Hall–Kier alpha value is -1.48. The summed E-state index contributed by atoms with van der Waals surface area (Å²) in [5, 5.41) is 2.58. The highest BCUT2D eigenvalue weighted by Gasteiger charge is 2.15. The smallest absolute Gasteiger partial charge is 0.221 e. The lowest BCUT2D eigenvalue weighted by Gasteiger charge is -2.02. The highest BCUT2D eigenvalue weighted by molar-refractivity contribution is 7.12. The Morgan fingerprint density at radius 3 is 2.71 bits per heavy atom. The topological polar surface area (TPSA) is 30.0 Å². The first kappa shape index (κ1) is 12.0. The van der Waals surface area contributed by atoms with Gasteiger partial charge >= 0.3 is 0 Å². The summed E-state index contributed by atoms with van der Waals surface area (Å²) in [6.45, 7) is 4.26. The van der Waals surface area contributed by atoms with Gasteiger partial charge in [0.25, 0.3) is 0 Å². The number of benzene rings is 1. The van der Waals surface area contributed by atoms with Crippen molar-refractivity contribution in [3.05, 3.63) is 52.0 Å². The lowest BCUT2D eigenvalue weighted by molar-refractivity contribution is 0.103. The van der Waals surface area contributed by atoms with E-state index < -0.39 is 0 Å². The Balaban J connectivity index is 2.24. The molecule has 1 atom stereocenters. The largest absolute Gasteiger partial charge is 0.286 e. The average molecular weight is 245 g/mol. The zero-order valence-electron chi connectivity index (χ0n) is 10.0. The van der Waals surface area contributed by atoms with Crippen LogP contribution in [-0.2, 0) is 0 Å². The van der Waals surface area contributed by atoms with Crippen molar-refractivity contribution in [2.24, 2.45) is 0 Å². The Kier molecular flexibility index (Phi) is 3.69. The van der Waals surface area contributed by atoms with Gasteiger partial charge in [0.15, 0.2) is 5.01 Å². The number of carbonyl (C=O) groups excluding carboxylic acids is 1. The fraction of sp³-hybridized carbons (Fsp3) is 0.286. The summed E-state index contributed by atoms with van der Waals surface area (Å²) < 4.78 is 0. The van der Waals surface area contributed by atoms with Crippen molar-refractivity contribution in [2.45, 2.75) is 26.2 Å². The molecule has 1 heterocycles. The van der Waals surface area contributed by atoms with E-state index >= 15 is 0 Å². The number of aromatic nitrogens is 1. The first-order chi connectivity index (χ1) is 8.22. The van der Waals surface area contributed by atoms with Crippen molar-refractivity contribution >= 4 is 17.1 Å². The second kappa shape index (κ2) is 5.23. The number of carbonyl (C=O) groups is 1. The van der Waals surface area contributed by atoms with E-state index in [2.05, 4.69) is 18.8 Å². The molecule has 0 bridgehead atoms. The van der Waals surface area contributed by atoms with Crippen LogP contribution in [0.3, 0.4) is 0 Å². The molecule has 1 aromatic heterocycles. The number of hydrogen-bond acceptors (Lipinski definition) is 3. The second-order valence-corrected chi connectivity index (χ2v) is 4.94. The summed E-state index contributed by atoms with van der Waals surface area (Å²) in [4.78, 5) is 16.5. The fourth-order valence-electron chi connectivity index (χ4n) is 1.54. The van der Waals surface area contributed by atoms with E-state index in [0.29, 0.717) is 16.5 Å². The van der Waals surface area contributed by atoms with Crippen LogP contribution in [0.25, 0.3) is 0 Å². The molecule has 0 spiro atoms. The molecule has 0 aliphatic carbocycles. The lowest BCUT2D eigenvalue weighted by Crippen LogP contribution is -2.01. The molecule has 2 aromatic rings. The third-order valence-electron chi connectivity index (χ3n) is 2.87. The molecule has 0 aliphatic heterocycles. The fourth-order valence-corrected chi connectivity index (χ4v) is 2.44. The van der Waals surface area contributed by atoms with Crippen molar-refractivity contribution in [3.8, 4) is 0 Å². The third kappa shape index (κ3) is 2.61. The Morgan fingerprint density at radius 1 is 1.35 bits per heavy atom. The van der Waals surface area contributed by atoms with Crippen LogP contribution in [-0.4, -0.2) is 10.8 Å². The molecule has 0 aliphatic rings. The van der Waals surface area contributed by atoms with Gasteiger partial charge in [-0.2, -0.15) is 0 Å². The van der Waals surface area contributed by atoms with Crippen molar-refractivity contribution in [2.75, 3.05) is 0 Å². The van der Waals surface area contributed by atoms with Crippen molar-refractivity contribution in [1.29, 1.82) is 0 Å². The van der Waals surface area contributed by atoms with Crippen LogP contribution < -0.4 is 0 Å². The van der Waals surface area contributed by atoms with E-state index in [-0.39, 0.29) is 5.78 Å². The van der Waals surface area contributed by atoms with Gasteiger partial charge in [0.2, 0.25) is 5.78 Å². The Morgan fingerprint density at radius 2 is 2.06 bits per heavy atom. The summed E-state index contributed by atoms with van der Waals surface area (Å²) in [6, 6.07) is 9.30. The molecule has 0 radical (unpaired) electrons. The molecular weight excluding hydrogens is 230 g/mol. The van der Waals surface area contributed by atoms with E-state index in [1.165, 1.54) is 11.3 Å². The molecule has 17 heavy (non-hydrogen) atoms. The minimum atomic E-state index is 0.0187. The molecular formula is C14H15NOS. The van der Waals surface area contributed by atoms with Crippen LogP contribution in [0.4, 0.5) is 0 Å². The van der Waals surface area contributed by atoms with Crippen molar-refractivity contribution in [1.82, 2.24) is 4.98 Å². The normalized spacial score (nSPS) is 12.4. The first-order valence-corrected chi connectivity index (χ1v) is 6.65.